The fraction of sp³-hybridized carbons (Fsp3) is 0.423. The predicted octanol–water partition coefficient (Wildman–Crippen LogP) is 3.10. The Kier molecular flexibility index (Phi) is 6.67. The Morgan fingerprint density at radius 3 is 2.58 bits per heavy atom. The average molecular weight is 510 g/mol. The molecule has 0 saturated carbocycles. The van der Waals surface area contributed by atoms with E-state index >= 15 is 0 Å². The molecule has 9 nitrogen and oxygen atoms in total. The SMILES string of the molecule is Cc1ccccc1-c1noc(CN2CCC(C(=O)N3CCc4cc(S(=O)(=O)N(C)C)ccc43)CC2)n1. The van der Waals surface area contributed by atoms with Gasteiger partial charge in [-0.3, -0.25) is 9.69 Å². The summed E-state index contributed by atoms with van der Waals surface area (Å²) in [5.41, 5.74) is 3.80. The van der Waals surface area contributed by atoms with E-state index in [4.69, 9.17) is 4.52 Å². The maximum absolute atomic E-state index is 13.4. The van der Waals surface area contributed by atoms with E-state index in [0.29, 0.717) is 31.2 Å². The Balaban J connectivity index is 1.19. The van der Waals surface area contributed by atoms with Crippen LogP contribution in [0.2, 0.25) is 0 Å². The quantitative estimate of drug-likeness (QED) is 0.503. The lowest BCUT2D eigenvalue weighted by Crippen LogP contribution is -2.42. The number of hydrogen-bond acceptors (Lipinski definition) is 7. The molecule has 1 fully saturated rings. The van der Waals surface area contributed by atoms with Crippen molar-refractivity contribution < 1.29 is 17.7 Å². The van der Waals surface area contributed by atoms with Crippen molar-refractivity contribution in [2.45, 2.75) is 37.6 Å². The van der Waals surface area contributed by atoms with Crippen molar-refractivity contribution in [1.29, 1.82) is 0 Å². The number of sulfonamides is 1. The van der Waals surface area contributed by atoms with E-state index < -0.39 is 10.0 Å². The van der Waals surface area contributed by atoms with Gasteiger partial charge < -0.3 is 9.42 Å². The number of aromatic nitrogens is 2. The van der Waals surface area contributed by atoms with E-state index in [1.54, 1.807) is 18.2 Å². The smallest absolute Gasteiger partial charge is 0.242 e. The maximum atomic E-state index is 13.4. The van der Waals surface area contributed by atoms with Crippen molar-refractivity contribution in [3.8, 4) is 11.4 Å². The van der Waals surface area contributed by atoms with Gasteiger partial charge in [0.15, 0.2) is 0 Å². The summed E-state index contributed by atoms with van der Waals surface area (Å²) in [5, 5.41) is 4.15. The van der Waals surface area contributed by atoms with Crippen LogP contribution in [0.5, 0.6) is 0 Å². The van der Waals surface area contributed by atoms with Gasteiger partial charge in [-0.2, -0.15) is 4.98 Å². The Morgan fingerprint density at radius 2 is 1.86 bits per heavy atom. The maximum Gasteiger partial charge on any atom is 0.242 e. The van der Waals surface area contributed by atoms with Crippen molar-refractivity contribution in [2.75, 3.05) is 38.6 Å². The third-order valence-corrected chi connectivity index (χ3v) is 8.95. The Labute approximate surface area is 211 Å². The minimum Gasteiger partial charge on any atom is -0.338 e. The molecule has 10 heteroatoms. The van der Waals surface area contributed by atoms with Gasteiger partial charge in [0.25, 0.3) is 0 Å². The van der Waals surface area contributed by atoms with Crippen molar-refractivity contribution in [3.63, 3.8) is 0 Å². The third kappa shape index (κ3) is 4.68. The van der Waals surface area contributed by atoms with Crippen molar-refractivity contribution in [3.05, 3.63) is 59.5 Å². The molecule has 3 aromatic rings. The van der Waals surface area contributed by atoms with Crippen LogP contribution >= 0.6 is 0 Å². The zero-order chi connectivity index (χ0) is 25.4. The second-order valence-corrected chi connectivity index (χ2v) is 11.8. The lowest BCUT2D eigenvalue weighted by atomic mass is 9.95. The molecule has 0 unspecified atom stereocenters. The second kappa shape index (κ2) is 9.76. The molecule has 2 aromatic carbocycles. The molecule has 0 bridgehead atoms. The van der Waals surface area contributed by atoms with E-state index in [-0.39, 0.29) is 16.7 Å². The highest BCUT2D eigenvalue weighted by atomic mass is 32.2. The third-order valence-electron chi connectivity index (χ3n) is 7.14. The number of anilines is 1. The number of likely N-dealkylation sites (tertiary alicyclic amines) is 1. The first-order valence-electron chi connectivity index (χ1n) is 12.2. The molecule has 0 spiro atoms. The lowest BCUT2D eigenvalue weighted by molar-refractivity contribution is -0.123. The summed E-state index contributed by atoms with van der Waals surface area (Å²) in [6.45, 7) is 4.73. The number of amides is 1. The van der Waals surface area contributed by atoms with Crippen LogP contribution in [-0.2, 0) is 27.8 Å². The Bertz CT molecular complexity index is 1380. The molecule has 3 heterocycles. The molecular weight excluding hydrogens is 478 g/mol. The van der Waals surface area contributed by atoms with E-state index in [0.717, 1.165) is 48.3 Å². The molecule has 1 aromatic heterocycles. The molecule has 190 valence electrons. The van der Waals surface area contributed by atoms with Crippen LogP contribution in [-0.4, -0.2) is 67.4 Å². The van der Waals surface area contributed by atoms with Gasteiger partial charge in [0.2, 0.25) is 27.6 Å². The first-order chi connectivity index (χ1) is 17.2. The summed E-state index contributed by atoms with van der Waals surface area (Å²) in [4.78, 5) is 22.3. The highest BCUT2D eigenvalue weighted by Gasteiger charge is 2.33. The van der Waals surface area contributed by atoms with Crippen LogP contribution < -0.4 is 4.90 Å². The molecule has 0 radical (unpaired) electrons. The topological polar surface area (TPSA) is 99.8 Å². The molecule has 1 saturated heterocycles. The van der Waals surface area contributed by atoms with Crippen LogP contribution in [0.4, 0.5) is 5.69 Å². The number of hydrogen-bond donors (Lipinski definition) is 0. The standard InChI is InChI=1S/C26H31N5O4S/c1-18-6-4-5-7-22(18)25-27-24(35-28-25)17-30-13-10-19(11-14-30)26(32)31-15-12-20-16-21(8-9-23(20)31)36(33,34)29(2)3/h4-9,16,19H,10-15,17H2,1-3H3. The van der Waals surface area contributed by atoms with E-state index in [1.165, 1.54) is 18.4 Å². The van der Waals surface area contributed by atoms with Crippen molar-refractivity contribution in [2.24, 2.45) is 5.92 Å². The van der Waals surface area contributed by atoms with Gasteiger partial charge >= 0.3 is 0 Å². The van der Waals surface area contributed by atoms with Gasteiger partial charge in [0, 0.05) is 37.8 Å². The van der Waals surface area contributed by atoms with Gasteiger partial charge in [-0.05, 0) is 68.6 Å². The number of rotatable bonds is 6. The number of benzene rings is 2. The molecule has 2 aliphatic rings. The minimum atomic E-state index is -3.50. The monoisotopic (exact) mass is 509 g/mol. The fourth-order valence-electron chi connectivity index (χ4n) is 4.98. The van der Waals surface area contributed by atoms with Crippen molar-refractivity contribution >= 4 is 21.6 Å². The molecule has 0 N–H and O–H groups in total. The average Bonchev–Trinajstić information content (AvgIpc) is 3.51. The predicted molar refractivity (Wildman–Crippen MR) is 136 cm³/mol. The molecule has 5 rings (SSSR count). The largest absolute Gasteiger partial charge is 0.338 e. The van der Waals surface area contributed by atoms with Gasteiger partial charge in [-0.25, -0.2) is 12.7 Å². The van der Waals surface area contributed by atoms with Crippen LogP contribution in [0.15, 0.2) is 51.9 Å². The van der Waals surface area contributed by atoms with Gasteiger partial charge in [-0.15, -0.1) is 0 Å². The van der Waals surface area contributed by atoms with E-state index in [2.05, 4.69) is 15.0 Å². The summed E-state index contributed by atoms with van der Waals surface area (Å²) in [6.07, 6.45) is 2.18. The number of carbonyl (C=O) groups excluding carboxylic acids is 1. The lowest BCUT2D eigenvalue weighted by Gasteiger charge is -2.32. The number of piperidine rings is 1. The second-order valence-electron chi connectivity index (χ2n) is 9.69. The molecule has 1 amide bonds. The van der Waals surface area contributed by atoms with Gasteiger partial charge in [-0.1, -0.05) is 29.4 Å². The fourth-order valence-corrected chi connectivity index (χ4v) is 5.93. The van der Waals surface area contributed by atoms with Crippen LogP contribution in [0.3, 0.4) is 0 Å². The van der Waals surface area contributed by atoms with E-state index in [1.807, 2.05) is 36.1 Å². The minimum absolute atomic E-state index is 0.0531. The number of fused-ring (bicyclic) bond motifs is 1. The summed E-state index contributed by atoms with van der Waals surface area (Å²) < 4.78 is 31.6. The van der Waals surface area contributed by atoms with Crippen LogP contribution in [0.25, 0.3) is 11.4 Å². The summed E-state index contributed by atoms with van der Waals surface area (Å²) in [5.74, 6) is 1.25. The number of nitrogens with zero attached hydrogens (tertiary/aromatic N) is 5. The molecular formula is C26H31N5O4S. The van der Waals surface area contributed by atoms with Gasteiger partial charge in [0.1, 0.15) is 0 Å². The molecule has 0 atom stereocenters. The van der Waals surface area contributed by atoms with Crippen LogP contribution in [0, 0.1) is 12.8 Å². The van der Waals surface area contributed by atoms with E-state index in [9.17, 15) is 13.2 Å². The summed E-state index contributed by atoms with van der Waals surface area (Å²) >= 11 is 0. The first kappa shape index (κ1) is 24.6. The highest BCUT2D eigenvalue weighted by Crippen LogP contribution is 2.33. The Hall–Kier alpha value is -3.08. The molecule has 36 heavy (non-hydrogen) atoms. The molecule has 0 aliphatic carbocycles. The van der Waals surface area contributed by atoms with Crippen LogP contribution in [0.1, 0.15) is 29.9 Å². The normalized spacial score (nSPS) is 17.1. The Morgan fingerprint density at radius 1 is 1.11 bits per heavy atom. The van der Waals surface area contributed by atoms with Crippen molar-refractivity contribution in [1.82, 2.24) is 19.3 Å². The number of aryl methyl sites for hydroxylation is 1. The van der Waals surface area contributed by atoms with Gasteiger partial charge in [0.05, 0.1) is 11.4 Å². The molecule has 2 aliphatic heterocycles. The number of carbonyl (C=O) groups is 1. The zero-order valence-electron chi connectivity index (χ0n) is 20.8. The first-order valence-corrected chi connectivity index (χ1v) is 13.7. The zero-order valence-corrected chi connectivity index (χ0v) is 21.7. The summed E-state index contributed by atoms with van der Waals surface area (Å²) in [7, 11) is -0.458. The highest BCUT2D eigenvalue weighted by molar-refractivity contribution is 7.89. The summed E-state index contributed by atoms with van der Waals surface area (Å²) in [6, 6.07) is 13.0.